The van der Waals surface area contributed by atoms with E-state index in [1.807, 2.05) is 24.3 Å². The van der Waals surface area contributed by atoms with Gasteiger partial charge in [-0.3, -0.25) is 0 Å². The molecule has 102 valence electrons. The lowest BCUT2D eigenvalue weighted by Gasteiger charge is -2.07. The second-order valence-corrected chi connectivity index (χ2v) is 5.63. The van der Waals surface area contributed by atoms with E-state index in [9.17, 15) is 8.78 Å². The van der Waals surface area contributed by atoms with Crippen LogP contribution < -0.4 is 0 Å². The summed E-state index contributed by atoms with van der Waals surface area (Å²) >= 11 is 8.66. The Hall–Kier alpha value is -1.53. The minimum absolute atomic E-state index is 0.225. The van der Waals surface area contributed by atoms with Crippen molar-refractivity contribution >= 4 is 39.2 Å². The van der Waals surface area contributed by atoms with E-state index in [0.717, 1.165) is 16.1 Å². The Bertz CT molecular complexity index is 854. The minimum Gasteiger partial charge on any atom is -0.328 e. The van der Waals surface area contributed by atoms with E-state index < -0.39 is 11.6 Å². The van der Waals surface area contributed by atoms with E-state index >= 15 is 0 Å². The van der Waals surface area contributed by atoms with Gasteiger partial charge in [0.2, 0.25) is 0 Å². The predicted molar refractivity (Wildman–Crippen MR) is 80.3 cm³/mol. The first-order valence-corrected chi connectivity index (χ1v) is 7.07. The van der Waals surface area contributed by atoms with Gasteiger partial charge in [-0.1, -0.05) is 34.1 Å². The van der Waals surface area contributed by atoms with E-state index in [-0.39, 0.29) is 5.52 Å². The summed E-state index contributed by atoms with van der Waals surface area (Å²) in [5.41, 5.74) is 1.63. The SMILES string of the molecule is Fc1cc(F)c2[nH]c(=S)n(Cc3ccccc3Br)c2c1. The quantitative estimate of drug-likeness (QED) is 0.656. The van der Waals surface area contributed by atoms with Crippen LogP contribution in [-0.2, 0) is 6.54 Å². The number of halogens is 3. The summed E-state index contributed by atoms with van der Waals surface area (Å²) in [5, 5.41) is 0. The molecule has 0 amide bonds. The number of aromatic amines is 1. The summed E-state index contributed by atoms with van der Waals surface area (Å²) in [5.74, 6) is -1.26. The van der Waals surface area contributed by atoms with Crippen molar-refractivity contribution in [2.24, 2.45) is 0 Å². The molecule has 0 radical (unpaired) electrons. The molecule has 0 aliphatic carbocycles. The standard InChI is InChI=1S/C14H9BrF2N2S/c15-10-4-2-1-3-8(10)7-19-12-6-9(16)5-11(17)13(12)18-14(19)20/h1-6H,7H2,(H,18,20). The van der Waals surface area contributed by atoms with Crippen molar-refractivity contribution in [3.63, 3.8) is 0 Å². The van der Waals surface area contributed by atoms with Crippen molar-refractivity contribution in [1.82, 2.24) is 9.55 Å². The fourth-order valence-corrected chi connectivity index (χ4v) is 2.81. The molecule has 2 nitrogen and oxygen atoms in total. The Labute approximate surface area is 127 Å². The van der Waals surface area contributed by atoms with Gasteiger partial charge in [-0.15, -0.1) is 0 Å². The molecule has 0 fully saturated rings. The number of fused-ring (bicyclic) bond motifs is 1. The molecule has 3 rings (SSSR count). The van der Waals surface area contributed by atoms with Gasteiger partial charge >= 0.3 is 0 Å². The predicted octanol–water partition coefficient (Wildman–Crippen LogP) is 4.79. The molecule has 0 saturated carbocycles. The van der Waals surface area contributed by atoms with Gasteiger partial charge in [0.25, 0.3) is 0 Å². The molecule has 6 heteroatoms. The number of hydrogen-bond acceptors (Lipinski definition) is 1. The molecule has 0 spiro atoms. The molecular weight excluding hydrogens is 346 g/mol. The first-order valence-electron chi connectivity index (χ1n) is 5.87. The van der Waals surface area contributed by atoms with Gasteiger partial charge in [-0.25, -0.2) is 8.78 Å². The maximum Gasteiger partial charge on any atom is 0.178 e. The molecule has 0 bridgehead atoms. The number of imidazole rings is 1. The van der Waals surface area contributed by atoms with Crippen molar-refractivity contribution in [2.45, 2.75) is 6.54 Å². The summed E-state index contributed by atoms with van der Waals surface area (Å²) in [6.45, 7) is 0.434. The highest BCUT2D eigenvalue weighted by molar-refractivity contribution is 9.10. The summed E-state index contributed by atoms with van der Waals surface area (Å²) < 4.78 is 30.1. The highest BCUT2D eigenvalue weighted by atomic mass is 79.9. The van der Waals surface area contributed by atoms with Crippen LogP contribution in [0.4, 0.5) is 8.78 Å². The molecule has 0 aliphatic rings. The maximum absolute atomic E-state index is 13.7. The van der Waals surface area contributed by atoms with Crippen LogP contribution in [0.25, 0.3) is 11.0 Å². The number of nitrogens with zero attached hydrogens (tertiary/aromatic N) is 1. The molecule has 20 heavy (non-hydrogen) atoms. The lowest BCUT2D eigenvalue weighted by molar-refractivity contribution is 0.590. The molecule has 2 aromatic carbocycles. The van der Waals surface area contributed by atoms with E-state index in [0.29, 0.717) is 16.8 Å². The summed E-state index contributed by atoms with van der Waals surface area (Å²) in [6.07, 6.45) is 0. The lowest BCUT2D eigenvalue weighted by atomic mass is 10.2. The Morgan fingerprint density at radius 2 is 1.95 bits per heavy atom. The Kier molecular flexibility index (Phi) is 3.43. The van der Waals surface area contributed by atoms with Gasteiger partial charge in [-0.05, 0) is 29.9 Å². The van der Waals surface area contributed by atoms with E-state index in [1.54, 1.807) is 4.57 Å². The molecule has 1 heterocycles. The smallest absolute Gasteiger partial charge is 0.178 e. The Morgan fingerprint density at radius 1 is 1.20 bits per heavy atom. The third kappa shape index (κ3) is 2.29. The Morgan fingerprint density at radius 3 is 2.70 bits per heavy atom. The molecule has 3 aromatic rings. The monoisotopic (exact) mass is 354 g/mol. The molecule has 1 aromatic heterocycles. The number of rotatable bonds is 2. The molecule has 1 N–H and O–H groups in total. The molecule has 0 atom stereocenters. The first kappa shape index (κ1) is 13.5. The van der Waals surface area contributed by atoms with Crippen LogP contribution in [0.5, 0.6) is 0 Å². The van der Waals surface area contributed by atoms with Crippen molar-refractivity contribution in [1.29, 1.82) is 0 Å². The van der Waals surface area contributed by atoms with Gasteiger partial charge in [0.1, 0.15) is 11.3 Å². The number of H-pyrrole nitrogens is 1. The molecular formula is C14H9BrF2N2S. The maximum atomic E-state index is 13.7. The fraction of sp³-hybridized carbons (Fsp3) is 0.0714. The van der Waals surface area contributed by atoms with Gasteiger partial charge in [0, 0.05) is 10.5 Å². The normalized spacial score (nSPS) is 11.2. The number of aromatic nitrogens is 2. The van der Waals surface area contributed by atoms with Crippen LogP contribution in [0.15, 0.2) is 40.9 Å². The number of benzene rings is 2. The van der Waals surface area contributed by atoms with E-state index in [1.165, 1.54) is 6.07 Å². The van der Waals surface area contributed by atoms with Crippen LogP contribution in [0.1, 0.15) is 5.56 Å². The third-order valence-electron chi connectivity index (χ3n) is 3.09. The zero-order valence-electron chi connectivity index (χ0n) is 10.2. The highest BCUT2D eigenvalue weighted by Crippen LogP contribution is 2.23. The van der Waals surface area contributed by atoms with Crippen molar-refractivity contribution in [3.8, 4) is 0 Å². The van der Waals surface area contributed by atoms with Crippen LogP contribution in [-0.4, -0.2) is 9.55 Å². The van der Waals surface area contributed by atoms with Crippen LogP contribution in [0, 0.1) is 16.4 Å². The first-order chi connectivity index (χ1) is 9.56. The second-order valence-electron chi connectivity index (χ2n) is 4.39. The average molecular weight is 355 g/mol. The fourth-order valence-electron chi connectivity index (χ4n) is 2.13. The summed E-state index contributed by atoms with van der Waals surface area (Å²) in [4.78, 5) is 2.78. The zero-order chi connectivity index (χ0) is 14.3. The molecule has 0 aliphatic heterocycles. The second kappa shape index (κ2) is 5.10. The van der Waals surface area contributed by atoms with Gasteiger partial charge in [-0.2, -0.15) is 0 Å². The Balaban J connectivity index is 2.19. The summed E-state index contributed by atoms with van der Waals surface area (Å²) in [6, 6.07) is 9.77. The number of hydrogen-bond donors (Lipinski definition) is 1. The lowest BCUT2D eigenvalue weighted by Crippen LogP contribution is -2.00. The zero-order valence-corrected chi connectivity index (χ0v) is 12.6. The largest absolute Gasteiger partial charge is 0.328 e. The van der Waals surface area contributed by atoms with E-state index in [4.69, 9.17) is 12.2 Å². The van der Waals surface area contributed by atoms with Crippen LogP contribution in [0.3, 0.4) is 0 Å². The van der Waals surface area contributed by atoms with Crippen molar-refractivity contribution in [2.75, 3.05) is 0 Å². The molecule has 0 saturated heterocycles. The number of nitrogens with one attached hydrogen (secondary N) is 1. The minimum atomic E-state index is -0.642. The van der Waals surface area contributed by atoms with Gasteiger partial charge in [0.05, 0.1) is 12.1 Å². The molecule has 0 unspecified atom stereocenters. The van der Waals surface area contributed by atoms with Crippen LogP contribution >= 0.6 is 28.1 Å². The summed E-state index contributed by atoms with van der Waals surface area (Å²) in [7, 11) is 0. The van der Waals surface area contributed by atoms with E-state index in [2.05, 4.69) is 20.9 Å². The van der Waals surface area contributed by atoms with Crippen molar-refractivity contribution < 1.29 is 8.78 Å². The average Bonchev–Trinajstić information content (AvgIpc) is 2.70. The highest BCUT2D eigenvalue weighted by Gasteiger charge is 2.12. The van der Waals surface area contributed by atoms with Crippen LogP contribution in [0.2, 0.25) is 0 Å². The topological polar surface area (TPSA) is 20.7 Å². The van der Waals surface area contributed by atoms with Gasteiger partial charge < -0.3 is 9.55 Å². The third-order valence-corrected chi connectivity index (χ3v) is 4.18. The van der Waals surface area contributed by atoms with Gasteiger partial charge in [0.15, 0.2) is 10.6 Å². The van der Waals surface area contributed by atoms with Crippen molar-refractivity contribution in [3.05, 3.63) is 62.8 Å².